The Kier molecular flexibility index (Phi) is 9.39. The first kappa shape index (κ1) is 26.0. The monoisotopic (exact) mass is 474 g/mol. The second-order valence-electron chi connectivity index (χ2n) is 8.98. The number of anilines is 1. The molecule has 0 radical (unpaired) electrons. The lowest BCUT2D eigenvalue weighted by Gasteiger charge is -2.24. The Morgan fingerprint density at radius 3 is 2.28 bits per heavy atom. The van der Waals surface area contributed by atoms with Crippen molar-refractivity contribution in [1.82, 2.24) is 4.72 Å². The molecule has 2 rings (SSSR count). The van der Waals surface area contributed by atoms with E-state index in [4.69, 9.17) is 4.74 Å². The molecule has 0 heterocycles. The van der Waals surface area contributed by atoms with Gasteiger partial charge < -0.3 is 4.74 Å². The van der Waals surface area contributed by atoms with Crippen LogP contribution in [0.5, 0.6) is 0 Å². The van der Waals surface area contributed by atoms with Crippen LogP contribution in [0.4, 0.5) is 5.69 Å². The molecule has 0 aliphatic rings. The molecule has 1 amide bonds. The standard InChI is InChI=1S/C24H34N2O4SSi/c1-20-11-13-23(14-12-20)31(28,29)25-16-15-21(2)24(27)26(22-9-7-6-8-10-22)19-30-17-18-32(3,4)5/h6-14,25H,2,15-19H2,1,3-5H3. The number of benzene rings is 2. The quantitative estimate of drug-likeness (QED) is 0.212. The van der Waals surface area contributed by atoms with Gasteiger partial charge >= 0.3 is 0 Å². The van der Waals surface area contributed by atoms with Crippen LogP contribution >= 0.6 is 0 Å². The maximum Gasteiger partial charge on any atom is 0.255 e. The Hall–Kier alpha value is -2.26. The first-order chi connectivity index (χ1) is 15.0. The van der Waals surface area contributed by atoms with Crippen LogP contribution in [0.15, 0.2) is 71.6 Å². The SMILES string of the molecule is C=C(CCNS(=O)(=O)c1ccc(C)cc1)C(=O)N(COCC[Si](C)(C)C)c1ccccc1. The number of amides is 1. The van der Waals surface area contributed by atoms with Crippen LogP contribution in [-0.4, -0.2) is 42.3 Å². The molecule has 0 spiro atoms. The lowest BCUT2D eigenvalue weighted by atomic mass is 10.2. The Morgan fingerprint density at radius 2 is 1.69 bits per heavy atom. The second-order valence-corrected chi connectivity index (χ2v) is 16.4. The molecule has 0 atom stereocenters. The van der Waals surface area contributed by atoms with Gasteiger partial charge in [0.15, 0.2) is 0 Å². The molecule has 6 nitrogen and oxygen atoms in total. The van der Waals surface area contributed by atoms with Crippen LogP contribution in [0.3, 0.4) is 0 Å². The summed E-state index contributed by atoms with van der Waals surface area (Å²) in [6.07, 6.45) is 0.197. The number of nitrogens with one attached hydrogen (secondary N) is 1. The Bertz CT molecular complexity index is 1000. The van der Waals surface area contributed by atoms with E-state index in [1.807, 2.05) is 37.3 Å². The van der Waals surface area contributed by atoms with E-state index in [1.54, 1.807) is 29.2 Å². The third kappa shape index (κ3) is 8.35. The molecule has 2 aromatic rings. The minimum absolute atomic E-state index is 0.0832. The molecule has 0 unspecified atom stereocenters. The average Bonchev–Trinajstić information content (AvgIpc) is 2.73. The molecule has 174 valence electrons. The van der Waals surface area contributed by atoms with Crippen LogP contribution < -0.4 is 9.62 Å². The molecule has 0 bridgehead atoms. The zero-order valence-corrected chi connectivity index (χ0v) is 21.2. The smallest absolute Gasteiger partial charge is 0.255 e. The molecule has 32 heavy (non-hydrogen) atoms. The van der Waals surface area contributed by atoms with Gasteiger partial charge in [-0.25, -0.2) is 13.1 Å². The normalized spacial score (nSPS) is 11.9. The average molecular weight is 475 g/mol. The van der Waals surface area contributed by atoms with Gasteiger partial charge in [-0.15, -0.1) is 0 Å². The van der Waals surface area contributed by atoms with Gasteiger partial charge in [0, 0.05) is 32.5 Å². The fraction of sp³-hybridized carbons (Fsp3) is 0.375. The number of carbonyl (C=O) groups excluding carboxylic acids is 1. The van der Waals surface area contributed by atoms with Crippen LogP contribution in [0.1, 0.15) is 12.0 Å². The van der Waals surface area contributed by atoms with Crippen molar-refractivity contribution in [1.29, 1.82) is 0 Å². The van der Waals surface area contributed by atoms with Crippen LogP contribution in [0.2, 0.25) is 25.7 Å². The van der Waals surface area contributed by atoms with E-state index in [0.29, 0.717) is 17.9 Å². The third-order valence-electron chi connectivity index (χ3n) is 4.88. The molecule has 8 heteroatoms. The highest BCUT2D eigenvalue weighted by molar-refractivity contribution is 7.89. The molecule has 2 aromatic carbocycles. The number of nitrogens with zero attached hydrogens (tertiary/aromatic N) is 1. The molecule has 1 N–H and O–H groups in total. The predicted octanol–water partition coefficient (Wildman–Crippen LogP) is 4.57. The lowest BCUT2D eigenvalue weighted by Crippen LogP contribution is -2.36. The largest absolute Gasteiger partial charge is 0.361 e. The lowest BCUT2D eigenvalue weighted by molar-refractivity contribution is -0.116. The van der Waals surface area contributed by atoms with Crippen molar-refractivity contribution < 1.29 is 17.9 Å². The molecule has 0 saturated heterocycles. The molecular formula is C24H34N2O4SSi. The van der Waals surface area contributed by atoms with Gasteiger partial charge in [0.2, 0.25) is 10.0 Å². The summed E-state index contributed by atoms with van der Waals surface area (Å²) in [7, 11) is -4.87. The van der Waals surface area contributed by atoms with Crippen molar-refractivity contribution in [2.24, 2.45) is 0 Å². The topological polar surface area (TPSA) is 75.7 Å². The maximum absolute atomic E-state index is 13.1. The number of hydrogen-bond donors (Lipinski definition) is 1. The number of sulfonamides is 1. The van der Waals surface area contributed by atoms with Crippen molar-refractivity contribution in [2.45, 2.75) is 43.9 Å². The molecule has 0 aliphatic heterocycles. The number of carbonyl (C=O) groups is 1. The van der Waals surface area contributed by atoms with Crippen LogP contribution in [0, 0.1) is 6.92 Å². The number of aryl methyl sites for hydroxylation is 1. The fourth-order valence-electron chi connectivity index (χ4n) is 2.83. The maximum atomic E-state index is 13.1. The van der Waals surface area contributed by atoms with Gasteiger partial charge in [-0.05, 0) is 43.7 Å². The van der Waals surface area contributed by atoms with E-state index in [9.17, 15) is 13.2 Å². The van der Waals surface area contributed by atoms with Gasteiger partial charge in [0.05, 0.1) is 4.90 Å². The van der Waals surface area contributed by atoms with E-state index < -0.39 is 18.1 Å². The number of rotatable bonds is 12. The first-order valence-electron chi connectivity index (χ1n) is 10.7. The Balaban J connectivity index is 1.97. The third-order valence-corrected chi connectivity index (χ3v) is 8.06. The highest BCUT2D eigenvalue weighted by Gasteiger charge is 2.21. The Morgan fingerprint density at radius 1 is 1.06 bits per heavy atom. The van der Waals surface area contributed by atoms with E-state index >= 15 is 0 Å². The molecular weight excluding hydrogens is 440 g/mol. The highest BCUT2D eigenvalue weighted by atomic mass is 32.2. The predicted molar refractivity (Wildman–Crippen MR) is 133 cm³/mol. The second kappa shape index (κ2) is 11.6. The molecule has 0 aliphatic carbocycles. The summed E-state index contributed by atoms with van der Waals surface area (Å²) in [6.45, 7) is 13.4. The van der Waals surface area contributed by atoms with Crippen molar-refractivity contribution >= 4 is 29.7 Å². The summed E-state index contributed by atoms with van der Waals surface area (Å²) >= 11 is 0. The van der Waals surface area contributed by atoms with Crippen molar-refractivity contribution in [3.05, 3.63) is 72.3 Å². The minimum atomic E-state index is -3.64. The summed E-state index contributed by atoms with van der Waals surface area (Å²) < 4.78 is 33.3. The van der Waals surface area contributed by atoms with Gasteiger partial charge in [-0.1, -0.05) is 62.1 Å². The van der Waals surface area contributed by atoms with E-state index in [0.717, 1.165) is 11.6 Å². The summed E-state index contributed by atoms with van der Waals surface area (Å²) in [4.78, 5) is 14.8. The zero-order chi connectivity index (χ0) is 23.8. The fourth-order valence-corrected chi connectivity index (χ4v) is 4.62. The van der Waals surface area contributed by atoms with Crippen molar-refractivity contribution in [3.63, 3.8) is 0 Å². The van der Waals surface area contributed by atoms with Crippen molar-refractivity contribution in [3.8, 4) is 0 Å². The summed E-state index contributed by atoms with van der Waals surface area (Å²) in [5.74, 6) is -0.279. The van der Waals surface area contributed by atoms with Gasteiger partial charge in [0.1, 0.15) is 6.73 Å². The van der Waals surface area contributed by atoms with E-state index in [2.05, 4.69) is 30.9 Å². The molecule has 0 saturated carbocycles. The summed E-state index contributed by atoms with van der Waals surface area (Å²) in [6, 6.07) is 16.9. The number of ether oxygens (including phenoxy) is 1. The summed E-state index contributed by atoms with van der Waals surface area (Å²) in [5.41, 5.74) is 2.01. The summed E-state index contributed by atoms with van der Waals surface area (Å²) in [5, 5.41) is 0. The van der Waals surface area contributed by atoms with Gasteiger partial charge in [-0.3, -0.25) is 9.69 Å². The van der Waals surface area contributed by atoms with E-state index in [1.165, 1.54) is 0 Å². The van der Waals surface area contributed by atoms with Gasteiger partial charge in [0.25, 0.3) is 5.91 Å². The molecule has 0 aromatic heterocycles. The molecule has 0 fully saturated rings. The van der Waals surface area contributed by atoms with E-state index in [-0.39, 0.29) is 30.5 Å². The number of para-hydroxylation sites is 1. The highest BCUT2D eigenvalue weighted by Crippen LogP contribution is 2.18. The Labute approximate surface area is 193 Å². The van der Waals surface area contributed by atoms with Crippen LogP contribution in [-0.2, 0) is 19.6 Å². The van der Waals surface area contributed by atoms with Crippen molar-refractivity contribution in [2.75, 3.05) is 24.8 Å². The number of hydrogen-bond acceptors (Lipinski definition) is 4. The van der Waals surface area contributed by atoms with Gasteiger partial charge in [-0.2, -0.15) is 0 Å². The zero-order valence-electron chi connectivity index (χ0n) is 19.4. The van der Waals surface area contributed by atoms with Crippen LogP contribution in [0.25, 0.3) is 0 Å². The first-order valence-corrected chi connectivity index (χ1v) is 15.9. The minimum Gasteiger partial charge on any atom is -0.361 e.